The number of amides is 1. The fourth-order valence-electron chi connectivity index (χ4n) is 2.59. The first-order valence-corrected chi connectivity index (χ1v) is 8.82. The van der Waals surface area contributed by atoms with Crippen molar-refractivity contribution >= 4 is 5.91 Å². The van der Waals surface area contributed by atoms with Crippen molar-refractivity contribution in [1.82, 2.24) is 14.9 Å². The Balaban J connectivity index is 2.04. The summed E-state index contributed by atoms with van der Waals surface area (Å²) in [6, 6.07) is 6.38. The zero-order valence-corrected chi connectivity index (χ0v) is 16.0. The van der Waals surface area contributed by atoms with Crippen LogP contribution in [0.5, 0.6) is 5.75 Å². The van der Waals surface area contributed by atoms with Crippen LogP contribution in [0.25, 0.3) is 0 Å². The van der Waals surface area contributed by atoms with Crippen molar-refractivity contribution in [3.05, 3.63) is 48.0 Å². The summed E-state index contributed by atoms with van der Waals surface area (Å²) in [6.45, 7) is 4.06. The Morgan fingerprint density at radius 3 is 2.64 bits per heavy atom. The number of hydrogen-bond acceptors (Lipinski definition) is 4. The zero-order valence-electron chi connectivity index (χ0n) is 16.0. The summed E-state index contributed by atoms with van der Waals surface area (Å²) in [5.74, 6) is -0.275. The van der Waals surface area contributed by atoms with Gasteiger partial charge in [-0.25, -0.2) is 4.98 Å². The number of imidazole rings is 1. The number of rotatable bonds is 8. The molecule has 0 saturated heterocycles. The predicted molar refractivity (Wildman–Crippen MR) is 96.9 cm³/mol. The Hall–Kier alpha value is -2.55. The molecule has 0 bridgehead atoms. The lowest BCUT2D eigenvalue weighted by atomic mass is 9.97. The molecule has 1 heterocycles. The Bertz CT molecular complexity index is 805. The molecule has 1 aromatic heterocycles. The van der Waals surface area contributed by atoms with E-state index < -0.39 is 36.5 Å². The van der Waals surface area contributed by atoms with Gasteiger partial charge < -0.3 is 19.7 Å². The van der Waals surface area contributed by atoms with Crippen LogP contribution in [0.1, 0.15) is 36.5 Å². The Labute approximate surface area is 161 Å². The summed E-state index contributed by atoms with van der Waals surface area (Å²) in [6.07, 6.45) is -3.22. The third-order valence-electron chi connectivity index (χ3n) is 4.11. The number of carbonyl (C=O) groups excluding carboxylic acids is 1. The van der Waals surface area contributed by atoms with Crippen molar-refractivity contribution in [2.45, 2.75) is 32.0 Å². The van der Waals surface area contributed by atoms with Gasteiger partial charge in [0.2, 0.25) is 5.60 Å². The van der Waals surface area contributed by atoms with Crippen molar-refractivity contribution in [3.8, 4) is 5.75 Å². The maximum Gasteiger partial charge on any atom is 0.424 e. The predicted octanol–water partition coefficient (Wildman–Crippen LogP) is 3.02. The molecule has 0 aliphatic carbocycles. The topological polar surface area (TPSA) is 76.4 Å². The molecule has 2 aromatic rings. The van der Waals surface area contributed by atoms with Gasteiger partial charge in [-0.2, -0.15) is 13.2 Å². The van der Waals surface area contributed by atoms with E-state index in [0.29, 0.717) is 18.3 Å². The van der Waals surface area contributed by atoms with E-state index in [1.54, 1.807) is 12.1 Å². The molecule has 9 heteroatoms. The van der Waals surface area contributed by atoms with Crippen molar-refractivity contribution in [2.75, 3.05) is 13.2 Å². The third kappa shape index (κ3) is 5.03. The van der Waals surface area contributed by atoms with Gasteiger partial charge in [-0.15, -0.1) is 0 Å². The van der Waals surface area contributed by atoms with E-state index in [4.69, 9.17) is 4.74 Å². The van der Waals surface area contributed by atoms with Crippen molar-refractivity contribution < 1.29 is 27.8 Å². The fraction of sp³-hybridized carbons (Fsp3) is 0.474. The van der Waals surface area contributed by atoms with Gasteiger partial charge in [0.25, 0.3) is 5.91 Å². The summed E-state index contributed by atoms with van der Waals surface area (Å²) < 4.78 is 47.0. The summed E-state index contributed by atoms with van der Waals surface area (Å²) in [7, 11) is 1.36. The summed E-state index contributed by atoms with van der Waals surface area (Å²) >= 11 is 0. The second-order valence-corrected chi connectivity index (χ2v) is 6.96. The maximum atomic E-state index is 13.5. The van der Waals surface area contributed by atoms with E-state index in [1.165, 1.54) is 31.6 Å². The van der Waals surface area contributed by atoms with Crippen LogP contribution in [-0.4, -0.2) is 39.9 Å². The van der Waals surface area contributed by atoms with E-state index in [0.717, 1.165) is 4.57 Å². The Kier molecular flexibility index (Phi) is 6.71. The second kappa shape index (κ2) is 8.64. The number of aliphatic hydroxyl groups is 1. The summed E-state index contributed by atoms with van der Waals surface area (Å²) in [5, 5.41) is 12.7. The maximum absolute atomic E-state index is 13.5. The molecule has 1 atom stereocenters. The minimum Gasteiger partial charge on any atom is -0.493 e. The van der Waals surface area contributed by atoms with Gasteiger partial charge in [-0.1, -0.05) is 19.9 Å². The third-order valence-corrected chi connectivity index (χ3v) is 4.11. The number of nitrogens with zero attached hydrogens (tertiary/aromatic N) is 2. The number of hydrogen-bond donors (Lipinski definition) is 2. The van der Waals surface area contributed by atoms with E-state index in [9.17, 15) is 23.1 Å². The fourth-order valence-corrected chi connectivity index (χ4v) is 2.59. The molecular weight excluding hydrogens is 375 g/mol. The quantitative estimate of drug-likeness (QED) is 0.716. The van der Waals surface area contributed by atoms with E-state index >= 15 is 0 Å². The van der Waals surface area contributed by atoms with Crippen LogP contribution in [0.4, 0.5) is 13.2 Å². The van der Waals surface area contributed by atoms with Crippen molar-refractivity contribution in [3.63, 3.8) is 0 Å². The molecule has 1 amide bonds. The SMILES string of the molecule is CC(C)COc1cccc(C(=O)NCCC(O)(c2nccn2C)C(F)(F)F)c1. The molecule has 0 radical (unpaired) electrons. The van der Waals surface area contributed by atoms with Gasteiger partial charge in [0.1, 0.15) is 11.6 Å². The van der Waals surface area contributed by atoms with Crippen LogP contribution in [0.15, 0.2) is 36.7 Å². The van der Waals surface area contributed by atoms with Crippen LogP contribution in [-0.2, 0) is 12.6 Å². The van der Waals surface area contributed by atoms with Crippen molar-refractivity contribution in [1.29, 1.82) is 0 Å². The van der Waals surface area contributed by atoms with Gasteiger partial charge in [0.05, 0.1) is 6.61 Å². The molecule has 0 spiro atoms. The summed E-state index contributed by atoms with van der Waals surface area (Å²) in [5.41, 5.74) is -2.91. The molecule has 6 nitrogen and oxygen atoms in total. The number of benzene rings is 1. The lowest BCUT2D eigenvalue weighted by Gasteiger charge is -2.30. The first-order valence-electron chi connectivity index (χ1n) is 8.82. The highest BCUT2D eigenvalue weighted by Gasteiger charge is 2.57. The van der Waals surface area contributed by atoms with Gasteiger partial charge in [0, 0.05) is 38.0 Å². The van der Waals surface area contributed by atoms with E-state index in [2.05, 4.69) is 10.3 Å². The number of aromatic nitrogens is 2. The highest BCUT2D eigenvalue weighted by molar-refractivity contribution is 5.94. The molecule has 1 unspecified atom stereocenters. The lowest BCUT2D eigenvalue weighted by molar-refractivity contribution is -0.272. The zero-order chi connectivity index (χ0) is 20.9. The number of nitrogens with one attached hydrogen (secondary N) is 1. The van der Waals surface area contributed by atoms with Crippen LogP contribution in [0.3, 0.4) is 0 Å². The largest absolute Gasteiger partial charge is 0.493 e. The number of alkyl halides is 3. The Morgan fingerprint density at radius 2 is 2.07 bits per heavy atom. The minimum absolute atomic E-state index is 0.258. The molecule has 2 rings (SSSR count). The second-order valence-electron chi connectivity index (χ2n) is 6.96. The average Bonchev–Trinajstić information content (AvgIpc) is 3.05. The number of halogens is 3. The molecule has 28 heavy (non-hydrogen) atoms. The number of ether oxygens (including phenoxy) is 1. The Morgan fingerprint density at radius 1 is 1.36 bits per heavy atom. The standard InChI is InChI=1S/C19H24F3N3O3/c1-13(2)12-28-15-6-4-5-14(11-15)16(26)23-8-7-18(27,19(20,21)22)17-24-9-10-25(17)3/h4-6,9-11,13,27H,7-8,12H2,1-3H3,(H,23,26). The van der Waals surface area contributed by atoms with Gasteiger partial charge in [-0.3, -0.25) is 4.79 Å². The van der Waals surface area contributed by atoms with Gasteiger partial charge >= 0.3 is 6.18 Å². The average molecular weight is 399 g/mol. The molecule has 0 aliphatic heterocycles. The van der Waals surface area contributed by atoms with E-state index in [1.807, 2.05) is 13.8 Å². The van der Waals surface area contributed by atoms with Crippen LogP contribution in [0.2, 0.25) is 0 Å². The molecule has 1 aromatic carbocycles. The normalized spacial score (nSPS) is 14.0. The molecule has 0 fully saturated rings. The summed E-state index contributed by atoms with van der Waals surface area (Å²) in [4.78, 5) is 15.9. The highest BCUT2D eigenvalue weighted by atomic mass is 19.4. The van der Waals surface area contributed by atoms with Crippen molar-refractivity contribution in [2.24, 2.45) is 13.0 Å². The molecular formula is C19H24F3N3O3. The molecule has 154 valence electrons. The smallest absolute Gasteiger partial charge is 0.424 e. The molecule has 0 saturated carbocycles. The van der Waals surface area contributed by atoms with Crippen LogP contribution < -0.4 is 10.1 Å². The minimum atomic E-state index is -4.94. The monoisotopic (exact) mass is 399 g/mol. The first kappa shape index (κ1) is 21.7. The molecule has 0 aliphatic rings. The number of aryl methyl sites for hydroxylation is 1. The lowest BCUT2D eigenvalue weighted by Crippen LogP contribution is -2.46. The van der Waals surface area contributed by atoms with Crippen LogP contribution >= 0.6 is 0 Å². The van der Waals surface area contributed by atoms with E-state index in [-0.39, 0.29) is 5.56 Å². The van der Waals surface area contributed by atoms with Gasteiger partial charge in [0.15, 0.2) is 0 Å². The van der Waals surface area contributed by atoms with Gasteiger partial charge in [-0.05, 0) is 24.1 Å². The highest BCUT2D eigenvalue weighted by Crippen LogP contribution is 2.40. The van der Waals surface area contributed by atoms with Crippen LogP contribution in [0, 0.1) is 5.92 Å². The molecule has 2 N–H and O–H groups in total. The first-order chi connectivity index (χ1) is 13.0. The number of carbonyl (C=O) groups is 1.